The van der Waals surface area contributed by atoms with Crippen molar-refractivity contribution in [3.05, 3.63) is 0 Å². The van der Waals surface area contributed by atoms with Crippen molar-refractivity contribution in [1.29, 1.82) is 0 Å². The fraction of sp³-hybridized carbons (Fsp3) is 0.818. The number of rotatable bonds is 6. The van der Waals surface area contributed by atoms with Gasteiger partial charge in [-0.1, -0.05) is 13.8 Å². The lowest BCUT2D eigenvalue weighted by molar-refractivity contribution is -0.229. The zero-order valence-corrected chi connectivity index (χ0v) is 10.2. The van der Waals surface area contributed by atoms with E-state index in [9.17, 15) is 9.59 Å². The Hall–Kier alpha value is -0.900. The SMILES string of the molecule is CC(C)C[C@@H](C=O)N(C=O)OC(C)(C)C. The van der Waals surface area contributed by atoms with Gasteiger partial charge in [0, 0.05) is 0 Å². The molecule has 0 fully saturated rings. The van der Waals surface area contributed by atoms with E-state index in [0.29, 0.717) is 18.7 Å². The monoisotopic (exact) mass is 215 g/mol. The maximum absolute atomic E-state index is 10.8. The van der Waals surface area contributed by atoms with Crippen molar-refractivity contribution in [2.24, 2.45) is 5.92 Å². The zero-order valence-electron chi connectivity index (χ0n) is 10.2. The summed E-state index contributed by atoms with van der Waals surface area (Å²) in [5, 5.41) is 1.10. The molecule has 0 aliphatic heterocycles. The summed E-state index contributed by atoms with van der Waals surface area (Å²) in [6.07, 6.45) is 1.92. The molecule has 0 aromatic heterocycles. The van der Waals surface area contributed by atoms with Crippen molar-refractivity contribution in [2.75, 3.05) is 0 Å². The minimum atomic E-state index is -0.498. The van der Waals surface area contributed by atoms with Gasteiger partial charge in [-0.2, -0.15) is 0 Å². The van der Waals surface area contributed by atoms with Crippen LogP contribution in [-0.4, -0.2) is 29.4 Å². The fourth-order valence-electron chi connectivity index (χ4n) is 1.19. The highest BCUT2D eigenvalue weighted by atomic mass is 16.7. The summed E-state index contributed by atoms with van der Waals surface area (Å²) in [6.45, 7) is 9.50. The van der Waals surface area contributed by atoms with Crippen LogP contribution in [0.15, 0.2) is 0 Å². The van der Waals surface area contributed by atoms with Crippen LogP contribution in [0, 0.1) is 5.92 Å². The molecule has 4 heteroatoms. The molecule has 4 nitrogen and oxygen atoms in total. The molecular formula is C11H21NO3. The van der Waals surface area contributed by atoms with E-state index < -0.39 is 11.6 Å². The van der Waals surface area contributed by atoms with Gasteiger partial charge in [-0.15, -0.1) is 0 Å². The molecule has 0 aliphatic carbocycles. The summed E-state index contributed by atoms with van der Waals surface area (Å²) in [5.74, 6) is 0.339. The summed E-state index contributed by atoms with van der Waals surface area (Å²) < 4.78 is 0. The summed E-state index contributed by atoms with van der Waals surface area (Å²) in [7, 11) is 0. The normalized spacial score (nSPS) is 13.7. The number of carbonyl (C=O) groups excluding carboxylic acids is 2. The second kappa shape index (κ2) is 5.85. The molecule has 88 valence electrons. The molecular weight excluding hydrogens is 194 g/mol. The molecule has 0 radical (unpaired) electrons. The third-order valence-corrected chi connectivity index (χ3v) is 1.68. The van der Waals surface area contributed by atoms with Crippen LogP contribution in [0.25, 0.3) is 0 Å². The molecule has 0 spiro atoms. The first-order chi connectivity index (χ1) is 6.80. The van der Waals surface area contributed by atoms with E-state index in [0.717, 1.165) is 11.3 Å². The second-order valence-electron chi connectivity index (χ2n) is 5.00. The first-order valence-electron chi connectivity index (χ1n) is 5.18. The molecule has 1 amide bonds. The molecule has 0 aliphatic rings. The van der Waals surface area contributed by atoms with Crippen LogP contribution in [-0.2, 0) is 14.4 Å². The minimum absolute atomic E-state index is 0.339. The summed E-state index contributed by atoms with van der Waals surface area (Å²) in [4.78, 5) is 27.0. The number of aldehydes is 1. The van der Waals surface area contributed by atoms with Crippen molar-refractivity contribution in [1.82, 2.24) is 5.06 Å². The van der Waals surface area contributed by atoms with Crippen LogP contribution in [0.2, 0.25) is 0 Å². The average molecular weight is 215 g/mol. The van der Waals surface area contributed by atoms with E-state index in [1.165, 1.54) is 0 Å². The van der Waals surface area contributed by atoms with Crippen molar-refractivity contribution >= 4 is 12.7 Å². The van der Waals surface area contributed by atoms with Gasteiger partial charge in [-0.25, -0.2) is 5.06 Å². The van der Waals surface area contributed by atoms with Gasteiger partial charge in [0.25, 0.3) is 0 Å². The molecule has 0 rings (SSSR count). The molecule has 0 aromatic carbocycles. The maximum Gasteiger partial charge on any atom is 0.234 e. The number of amides is 1. The van der Waals surface area contributed by atoms with Crippen LogP contribution in [0.5, 0.6) is 0 Å². The van der Waals surface area contributed by atoms with E-state index in [2.05, 4.69) is 0 Å². The summed E-state index contributed by atoms with van der Waals surface area (Å²) in [5.41, 5.74) is -0.473. The number of hydroxylamine groups is 2. The lowest BCUT2D eigenvalue weighted by Crippen LogP contribution is -2.41. The quantitative estimate of drug-likeness (QED) is 0.501. The first-order valence-corrected chi connectivity index (χ1v) is 5.18. The van der Waals surface area contributed by atoms with E-state index in [1.807, 2.05) is 34.6 Å². The molecule has 0 N–H and O–H groups in total. The van der Waals surface area contributed by atoms with Crippen molar-refractivity contribution in [3.8, 4) is 0 Å². The van der Waals surface area contributed by atoms with Crippen molar-refractivity contribution in [3.63, 3.8) is 0 Å². The minimum Gasteiger partial charge on any atom is -0.301 e. The number of nitrogens with zero attached hydrogens (tertiary/aromatic N) is 1. The Morgan fingerprint density at radius 3 is 2.07 bits per heavy atom. The molecule has 15 heavy (non-hydrogen) atoms. The smallest absolute Gasteiger partial charge is 0.234 e. The largest absolute Gasteiger partial charge is 0.301 e. The Labute approximate surface area is 91.5 Å². The van der Waals surface area contributed by atoms with Gasteiger partial charge >= 0.3 is 0 Å². The highest BCUT2D eigenvalue weighted by molar-refractivity contribution is 5.62. The summed E-state index contributed by atoms with van der Waals surface area (Å²) in [6, 6.07) is -0.498. The molecule has 0 saturated carbocycles. The standard InChI is InChI=1S/C11H21NO3/c1-9(2)6-10(7-13)12(8-14)15-11(3,4)5/h7-10H,6H2,1-5H3/t10-/m0/s1. The van der Waals surface area contributed by atoms with Crippen LogP contribution in [0.3, 0.4) is 0 Å². The maximum atomic E-state index is 10.8. The van der Waals surface area contributed by atoms with E-state index >= 15 is 0 Å². The van der Waals surface area contributed by atoms with Crippen LogP contribution in [0.1, 0.15) is 41.0 Å². The Balaban J connectivity index is 4.47. The first kappa shape index (κ1) is 14.1. The lowest BCUT2D eigenvalue weighted by atomic mass is 10.1. The Morgan fingerprint density at radius 2 is 1.80 bits per heavy atom. The molecule has 0 aromatic rings. The highest BCUT2D eigenvalue weighted by Crippen LogP contribution is 2.15. The zero-order chi connectivity index (χ0) is 12.1. The van der Waals surface area contributed by atoms with E-state index in [-0.39, 0.29) is 0 Å². The van der Waals surface area contributed by atoms with Gasteiger partial charge in [-0.05, 0) is 33.1 Å². The Bertz CT molecular complexity index is 208. The summed E-state index contributed by atoms with van der Waals surface area (Å²) >= 11 is 0. The van der Waals surface area contributed by atoms with Gasteiger partial charge in [0.15, 0.2) is 0 Å². The van der Waals surface area contributed by atoms with Gasteiger partial charge in [0.2, 0.25) is 6.41 Å². The van der Waals surface area contributed by atoms with Crippen LogP contribution in [0.4, 0.5) is 0 Å². The predicted octanol–water partition coefficient (Wildman–Crippen LogP) is 1.79. The van der Waals surface area contributed by atoms with Gasteiger partial charge < -0.3 is 4.79 Å². The highest BCUT2D eigenvalue weighted by Gasteiger charge is 2.23. The second-order valence-corrected chi connectivity index (χ2v) is 5.00. The lowest BCUT2D eigenvalue weighted by Gasteiger charge is -2.30. The topological polar surface area (TPSA) is 46.6 Å². The third-order valence-electron chi connectivity index (χ3n) is 1.68. The van der Waals surface area contributed by atoms with Crippen LogP contribution >= 0.6 is 0 Å². The Kier molecular flexibility index (Phi) is 5.50. The van der Waals surface area contributed by atoms with Gasteiger partial charge in [0.05, 0.1) is 5.60 Å². The van der Waals surface area contributed by atoms with Gasteiger partial charge in [0.1, 0.15) is 12.3 Å². The predicted molar refractivity (Wildman–Crippen MR) is 58.0 cm³/mol. The molecule has 0 heterocycles. The van der Waals surface area contributed by atoms with Crippen LogP contribution < -0.4 is 0 Å². The number of hydrogen-bond acceptors (Lipinski definition) is 3. The molecule has 0 saturated heterocycles. The molecule has 0 bridgehead atoms. The molecule has 0 unspecified atom stereocenters. The Morgan fingerprint density at radius 1 is 1.27 bits per heavy atom. The van der Waals surface area contributed by atoms with Crippen molar-refractivity contribution in [2.45, 2.75) is 52.7 Å². The van der Waals surface area contributed by atoms with E-state index in [1.54, 1.807) is 0 Å². The number of hydrogen-bond donors (Lipinski definition) is 0. The average Bonchev–Trinajstić information content (AvgIpc) is 2.08. The van der Waals surface area contributed by atoms with Gasteiger partial charge in [-0.3, -0.25) is 9.63 Å². The third kappa shape index (κ3) is 6.23. The van der Waals surface area contributed by atoms with E-state index in [4.69, 9.17) is 4.84 Å². The molecule has 1 atom stereocenters. The fourth-order valence-corrected chi connectivity index (χ4v) is 1.19. The van der Waals surface area contributed by atoms with Crippen molar-refractivity contribution < 1.29 is 14.4 Å². The number of carbonyl (C=O) groups is 2.